The first kappa shape index (κ1) is 10.1. The molecule has 1 aromatic carbocycles. The molecule has 0 spiro atoms. The van der Waals surface area contributed by atoms with Gasteiger partial charge in [-0.1, -0.05) is 29.8 Å². The maximum atomic E-state index is 6.07. The van der Waals surface area contributed by atoms with Gasteiger partial charge in [-0.2, -0.15) is 0 Å². The zero-order valence-corrected chi connectivity index (χ0v) is 10.6. The van der Waals surface area contributed by atoms with Crippen LogP contribution in [0.3, 0.4) is 0 Å². The van der Waals surface area contributed by atoms with Gasteiger partial charge >= 0.3 is 0 Å². The lowest BCUT2D eigenvalue weighted by atomic mass is 10.2. The average molecular weight is 289 g/mol. The molecule has 0 unspecified atom stereocenters. The zero-order valence-electron chi connectivity index (χ0n) is 7.42. The first-order valence-electron chi connectivity index (χ1n) is 4.06. The summed E-state index contributed by atoms with van der Waals surface area (Å²) >= 11 is 11.1. The lowest BCUT2D eigenvalue weighted by Gasteiger charge is -1.97. The Bertz CT molecular complexity index is 447. The van der Waals surface area contributed by atoms with Crippen molar-refractivity contribution in [3.63, 3.8) is 0 Å². The van der Waals surface area contributed by atoms with Crippen molar-refractivity contribution in [3.05, 3.63) is 38.8 Å². The van der Waals surface area contributed by atoms with Gasteiger partial charge in [-0.25, -0.2) is 4.98 Å². The van der Waals surface area contributed by atoms with Crippen molar-refractivity contribution in [3.8, 4) is 10.6 Å². The fourth-order valence-electron chi connectivity index (χ4n) is 1.13. The summed E-state index contributed by atoms with van der Waals surface area (Å²) in [6.07, 6.45) is 0. The second-order valence-corrected chi connectivity index (χ2v) is 5.21. The molecule has 0 N–H and O–H groups in total. The van der Waals surface area contributed by atoms with Crippen molar-refractivity contribution in [1.82, 2.24) is 4.98 Å². The van der Waals surface area contributed by atoms with Crippen LogP contribution < -0.4 is 0 Å². The molecule has 72 valence electrons. The van der Waals surface area contributed by atoms with Gasteiger partial charge in [0.15, 0.2) is 0 Å². The van der Waals surface area contributed by atoms with Gasteiger partial charge in [0.05, 0.1) is 5.02 Å². The number of hydrogen-bond donors (Lipinski definition) is 0. The van der Waals surface area contributed by atoms with Crippen molar-refractivity contribution in [2.75, 3.05) is 0 Å². The van der Waals surface area contributed by atoms with E-state index in [4.69, 9.17) is 11.6 Å². The molecule has 0 aliphatic heterocycles. The number of hydrogen-bond acceptors (Lipinski definition) is 2. The topological polar surface area (TPSA) is 12.9 Å². The van der Waals surface area contributed by atoms with Crippen molar-refractivity contribution >= 4 is 38.9 Å². The molecule has 0 aliphatic carbocycles. The minimum absolute atomic E-state index is 0.744. The van der Waals surface area contributed by atoms with Crippen LogP contribution in [-0.2, 0) is 0 Å². The predicted molar refractivity (Wildman–Crippen MR) is 65.0 cm³/mol. The Labute approximate surface area is 99.9 Å². The van der Waals surface area contributed by atoms with Gasteiger partial charge in [0, 0.05) is 10.4 Å². The third kappa shape index (κ3) is 1.85. The normalized spacial score (nSPS) is 10.5. The number of halogens is 2. The van der Waals surface area contributed by atoms with Gasteiger partial charge < -0.3 is 0 Å². The monoisotopic (exact) mass is 287 g/mol. The van der Waals surface area contributed by atoms with Gasteiger partial charge in [-0.05, 0) is 28.9 Å². The molecular formula is C10H7BrClNS. The van der Waals surface area contributed by atoms with Crippen LogP contribution in [-0.4, -0.2) is 4.98 Å². The van der Waals surface area contributed by atoms with Crippen LogP contribution in [0.2, 0.25) is 5.02 Å². The second kappa shape index (κ2) is 4.01. The Hall–Kier alpha value is -0.380. The predicted octanol–water partition coefficient (Wildman–Crippen LogP) is 4.53. The smallest absolute Gasteiger partial charge is 0.126 e. The highest BCUT2D eigenvalue weighted by Gasteiger charge is 2.09. The number of aromatic nitrogens is 1. The van der Waals surface area contributed by atoms with E-state index in [1.165, 1.54) is 4.88 Å². The van der Waals surface area contributed by atoms with E-state index >= 15 is 0 Å². The summed E-state index contributed by atoms with van der Waals surface area (Å²) in [6.45, 7) is 2.03. The number of aryl methyl sites for hydroxylation is 1. The number of benzene rings is 1. The first-order valence-corrected chi connectivity index (χ1v) is 6.05. The Balaban J connectivity index is 2.55. The lowest BCUT2D eigenvalue weighted by Crippen LogP contribution is -1.76. The Kier molecular flexibility index (Phi) is 2.91. The average Bonchev–Trinajstić information content (AvgIpc) is 2.48. The molecule has 4 heteroatoms. The first-order chi connectivity index (χ1) is 6.68. The van der Waals surface area contributed by atoms with Gasteiger partial charge in [-0.3, -0.25) is 0 Å². The molecule has 0 saturated heterocycles. The van der Waals surface area contributed by atoms with Crippen LogP contribution in [0.15, 0.2) is 28.9 Å². The Morgan fingerprint density at radius 2 is 2.07 bits per heavy atom. The van der Waals surface area contributed by atoms with Crippen molar-refractivity contribution in [1.29, 1.82) is 0 Å². The highest BCUT2D eigenvalue weighted by atomic mass is 79.9. The fraction of sp³-hybridized carbons (Fsp3) is 0.100. The molecule has 0 amide bonds. The Morgan fingerprint density at radius 3 is 2.64 bits per heavy atom. The summed E-state index contributed by atoms with van der Waals surface area (Å²) < 4.78 is 0.900. The van der Waals surface area contributed by atoms with E-state index in [-0.39, 0.29) is 0 Å². The summed E-state index contributed by atoms with van der Waals surface area (Å²) in [5, 5.41) is 1.70. The van der Waals surface area contributed by atoms with Gasteiger partial charge in [0.2, 0.25) is 0 Å². The van der Waals surface area contributed by atoms with Gasteiger partial charge in [0.1, 0.15) is 9.61 Å². The molecule has 1 aromatic heterocycles. The maximum absolute atomic E-state index is 6.07. The van der Waals surface area contributed by atoms with E-state index in [2.05, 4.69) is 20.9 Å². The zero-order chi connectivity index (χ0) is 10.1. The van der Waals surface area contributed by atoms with E-state index in [1.54, 1.807) is 11.3 Å². The van der Waals surface area contributed by atoms with Gasteiger partial charge in [0.25, 0.3) is 0 Å². The summed E-state index contributed by atoms with van der Waals surface area (Å²) in [5.74, 6) is 0. The largest absolute Gasteiger partial charge is 0.229 e. The SMILES string of the molecule is Cc1sc(-c2ccccc2Cl)nc1Br. The molecule has 2 aromatic rings. The van der Waals surface area contributed by atoms with E-state index in [1.807, 2.05) is 31.2 Å². The molecular weight excluding hydrogens is 282 g/mol. The summed E-state index contributed by atoms with van der Waals surface area (Å²) in [6, 6.07) is 7.74. The highest BCUT2D eigenvalue weighted by molar-refractivity contribution is 9.10. The maximum Gasteiger partial charge on any atom is 0.126 e. The van der Waals surface area contributed by atoms with Gasteiger partial charge in [-0.15, -0.1) is 11.3 Å². The minimum atomic E-state index is 0.744. The molecule has 1 heterocycles. The standard InChI is InChI=1S/C10H7BrClNS/c1-6-9(11)13-10(14-6)7-4-2-3-5-8(7)12/h2-5H,1H3. The van der Waals surface area contributed by atoms with Crippen molar-refractivity contribution in [2.24, 2.45) is 0 Å². The summed E-state index contributed by atoms with van der Waals surface area (Å²) in [4.78, 5) is 5.56. The number of rotatable bonds is 1. The summed E-state index contributed by atoms with van der Waals surface area (Å²) in [7, 11) is 0. The molecule has 0 fully saturated rings. The molecule has 14 heavy (non-hydrogen) atoms. The quantitative estimate of drug-likeness (QED) is 0.751. The van der Waals surface area contributed by atoms with Crippen LogP contribution in [0, 0.1) is 6.92 Å². The molecule has 0 atom stereocenters. The molecule has 0 aliphatic rings. The third-order valence-electron chi connectivity index (χ3n) is 1.84. The molecule has 0 radical (unpaired) electrons. The lowest BCUT2D eigenvalue weighted by molar-refractivity contribution is 1.32. The number of thiazole rings is 1. The third-order valence-corrected chi connectivity index (χ3v) is 4.21. The van der Waals surface area contributed by atoms with Crippen LogP contribution in [0.25, 0.3) is 10.6 Å². The highest BCUT2D eigenvalue weighted by Crippen LogP contribution is 2.34. The molecule has 2 rings (SSSR count). The number of nitrogens with zero attached hydrogens (tertiary/aromatic N) is 1. The fourth-order valence-corrected chi connectivity index (χ4v) is 2.79. The van der Waals surface area contributed by atoms with E-state index in [0.717, 1.165) is 20.2 Å². The van der Waals surface area contributed by atoms with E-state index < -0.39 is 0 Å². The minimum Gasteiger partial charge on any atom is -0.229 e. The Morgan fingerprint density at radius 1 is 1.36 bits per heavy atom. The van der Waals surface area contributed by atoms with E-state index in [0.29, 0.717) is 0 Å². The van der Waals surface area contributed by atoms with Crippen molar-refractivity contribution < 1.29 is 0 Å². The molecule has 1 nitrogen and oxygen atoms in total. The van der Waals surface area contributed by atoms with Crippen LogP contribution >= 0.6 is 38.9 Å². The van der Waals surface area contributed by atoms with E-state index in [9.17, 15) is 0 Å². The summed E-state index contributed by atoms with van der Waals surface area (Å²) in [5.41, 5.74) is 0.993. The van der Waals surface area contributed by atoms with Crippen LogP contribution in [0.1, 0.15) is 4.88 Å². The van der Waals surface area contributed by atoms with Crippen molar-refractivity contribution in [2.45, 2.75) is 6.92 Å². The second-order valence-electron chi connectivity index (χ2n) is 2.85. The molecule has 0 saturated carbocycles. The van der Waals surface area contributed by atoms with Crippen LogP contribution in [0.5, 0.6) is 0 Å². The molecule has 0 bridgehead atoms. The van der Waals surface area contributed by atoms with Crippen LogP contribution in [0.4, 0.5) is 0 Å².